The molecule has 0 radical (unpaired) electrons. The van der Waals surface area contributed by atoms with E-state index < -0.39 is 5.82 Å². The van der Waals surface area contributed by atoms with Gasteiger partial charge in [-0.05, 0) is 62.1 Å². The average molecular weight is 622 g/mol. The van der Waals surface area contributed by atoms with Gasteiger partial charge in [-0.1, -0.05) is 26.5 Å². The number of fused-ring (bicyclic) bond motifs is 6. The highest BCUT2D eigenvalue weighted by molar-refractivity contribution is 6.00. The molecule has 1 N–H and O–H groups in total. The van der Waals surface area contributed by atoms with Crippen LogP contribution in [0.2, 0.25) is 0 Å². The molecule has 1 fully saturated rings. The first-order valence-corrected chi connectivity index (χ1v) is 15.6. The maximum atomic E-state index is 16.6. The molecule has 0 bridgehead atoms. The SMILES string of the molecule is C=CC(=O)N1CC2CCOc3c(c4cc(F)c(-c5c(C)ccc6[nH]ncc56)nc4n(-c4c(C)ccnc4C(C)C)c3=O)N2CC1C. The molecule has 2 atom stereocenters. The van der Waals surface area contributed by atoms with Gasteiger partial charge in [0.2, 0.25) is 11.7 Å². The Morgan fingerprint density at radius 1 is 1.15 bits per heavy atom. The van der Waals surface area contributed by atoms with Gasteiger partial charge in [-0.3, -0.25) is 24.2 Å². The summed E-state index contributed by atoms with van der Waals surface area (Å²) in [6.45, 7) is 14.6. The van der Waals surface area contributed by atoms with E-state index >= 15 is 4.39 Å². The van der Waals surface area contributed by atoms with E-state index in [0.29, 0.717) is 47.5 Å². The maximum absolute atomic E-state index is 16.6. The summed E-state index contributed by atoms with van der Waals surface area (Å²) >= 11 is 0. The lowest BCUT2D eigenvalue weighted by Crippen LogP contribution is -2.59. The molecule has 6 heterocycles. The number of hydrogen-bond donors (Lipinski definition) is 1. The van der Waals surface area contributed by atoms with Crippen molar-refractivity contribution in [3.8, 4) is 22.7 Å². The predicted molar refractivity (Wildman–Crippen MR) is 176 cm³/mol. The average Bonchev–Trinajstić information content (AvgIpc) is 3.43. The Morgan fingerprint density at radius 3 is 2.72 bits per heavy atom. The zero-order valence-electron chi connectivity index (χ0n) is 26.6. The Hall–Kier alpha value is -5.06. The summed E-state index contributed by atoms with van der Waals surface area (Å²) in [5, 5.41) is 8.34. The van der Waals surface area contributed by atoms with Gasteiger partial charge in [0.05, 0.1) is 41.4 Å². The van der Waals surface area contributed by atoms with Crippen LogP contribution in [0.1, 0.15) is 49.9 Å². The first-order valence-electron chi connectivity index (χ1n) is 15.6. The molecule has 4 aromatic heterocycles. The zero-order valence-corrected chi connectivity index (χ0v) is 26.6. The fraction of sp³-hybridized carbons (Fsp3) is 0.343. The lowest BCUT2D eigenvalue weighted by Gasteiger charge is -2.45. The number of aryl methyl sites for hydroxylation is 2. The fourth-order valence-electron chi connectivity index (χ4n) is 7.05. The van der Waals surface area contributed by atoms with Crippen molar-refractivity contribution < 1.29 is 13.9 Å². The monoisotopic (exact) mass is 621 g/mol. The quantitative estimate of drug-likeness (QED) is 0.261. The van der Waals surface area contributed by atoms with Gasteiger partial charge < -0.3 is 14.5 Å². The summed E-state index contributed by atoms with van der Waals surface area (Å²) in [5.41, 5.74) is 4.89. The smallest absolute Gasteiger partial charge is 0.301 e. The molecular formula is C35H36FN7O3. The van der Waals surface area contributed by atoms with E-state index in [0.717, 1.165) is 27.7 Å². The molecule has 10 nitrogen and oxygen atoms in total. The molecule has 0 saturated carbocycles. The minimum atomic E-state index is -0.530. The molecule has 2 aliphatic rings. The van der Waals surface area contributed by atoms with Gasteiger partial charge in [0, 0.05) is 48.1 Å². The molecule has 11 heteroatoms. The van der Waals surface area contributed by atoms with Crippen molar-refractivity contribution in [3.05, 3.63) is 82.3 Å². The van der Waals surface area contributed by atoms with Gasteiger partial charge in [0.25, 0.3) is 0 Å². The van der Waals surface area contributed by atoms with Crippen molar-refractivity contribution in [1.82, 2.24) is 29.6 Å². The van der Waals surface area contributed by atoms with Crippen LogP contribution in [0.3, 0.4) is 0 Å². The summed E-state index contributed by atoms with van der Waals surface area (Å²) in [5.74, 6) is -0.546. The van der Waals surface area contributed by atoms with Crippen molar-refractivity contribution in [2.75, 3.05) is 24.6 Å². The molecule has 1 amide bonds. The highest BCUT2D eigenvalue weighted by Gasteiger charge is 2.39. The molecule has 5 aromatic rings. The highest BCUT2D eigenvalue weighted by atomic mass is 19.1. The Bertz CT molecular complexity index is 2120. The first kappa shape index (κ1) is 29.6. The summed E-state index contributed by atoms with van der Waals surface area (Å²) in [4.78, 5) is 41.1. The van der Waals surface area contributed by atoms with Gasteiger partial charge in [0.15, 0.2) is 5.65 Å². The Morgan fingerprint density at radius 2 is 1.96 bits per heavy atom. The van der Waals surface area contributed by atoms with E-state index in [1.807, 2.05) is 52.8 Å². The summed E-state index contributed by atoms with van der Waals surface area (Å²) in [6, 6.07) is 6.80. The van der Waals surface area contributed by atoms with E-state index in [9.17, 15) is 9.59 Å². The van der Waals surface area contributed by atoms with Crippen molar-refractivity contribution in [2.24, 2.45) is 0 Å². The van der Waals surface area contributed by atoms with Gasteiger partial charge in [0.1, 0.15) is 11.5 Å². The number of rotatable bonds is 4. The fourth-order valence-corrected chi connectivity index (χ4v) is 7.05. The minimum Gasteiger partial charge on any atom is -0.486 e. The largest absolute Gasteiger partial charge is 0.486 e. The number of anilines is 1. The molecule has 2 aliphatic heterocycles. The number of aromatic nitrogens is 5. The molecule has 1 aromatic carbocycles. The van der Waals surface area contributed by atoms with E-state index in [4.69, 9.17) is 9.72 Å². The first-order chi connectivity index (χ1) is 22.1. The second kappa shape index (κ2) is 11.1. The molecule has 7 rings (SSSR count). The number of benzene rings is 1. The van der Waals surface area contributed by atoms with Gasteiger partial charge >= 0.3 is 5.56 Å². The summed E-state index contributed by atoms with van der Waals surface area (Å²) < 4.78 is 24.4. The number of halogens is 1. The Kier molecular flexibility index (Phi) is 7.14. The third kappa shape index (κ3) is 4.47. The third-order valence-corrected chi connectivity index (χ3v) is 9.31. The van der Waals surface area contributed by atoms with Crippen LogP contribution in [0.25, 0.3) is 38.9 Å². The second-order valence-corrected chi connectivity index (χ2v) is 12.6. The highest BCUT2D eigenvalue weighted by Crippen LogP contribution is 2.42. The van der Waals surface area contributed by atoms with E-state index in [2.05, 4.69) is 26.7 Å². The van der Waals surface area contributed by atoms with Gasteiger partial charge in [-0.25, -0.2) is 9.37 Å². The number of hydrogen-bond acceptors (Lipinski definition) is 7. The standard InChI is InChI=1S/C35H36FN7O3/c1-7-27(44)41-17-22-11-13-46-33-32(42(22)16-21(41)6)23-14-25(36)30(28-19(4)8-9-26-24(28)15-38-40-26)39-34(23)43(35(33)45)31-20(5)10-12-37-29(31)18(2)3/h7-10,12,14-15,18,21-22H,1,11,13,16-17H2,2-6H3,(H,38,40). The van der Waals surface area contributed by atoms with Crippen LogP contribution < -0.4 is 15.2 Å². The minimum absolute atomic E-state index is 0.0147. The number of amides is 1. The molecular weight excluding hydrogens is 585 g/mol. The van der Waals surface area contributed by atoms with Gasteiger partial charge in [-0.15, -0.1) is 0 Å². The van der Waals surface area contributed by atoms with Crippen LogP contribution in [0.5, 0.6) is 5.75 Å². The molecule has 1 saturated heterocycles. The number of piperazine rings is 1. The molecule has 236 valence electrons. The molecule has 0 spiro atoms. The molecule has 2 unspecified atom stereocenters. The van der Waals surface area contributed by atoms with Crippen LogP contribution in [0, 0.1) is 19.7 Å². The number of carbonyl (C=O) groups excluding carboxylic acids is 1. The normalized spacial score (nSPS) is 18.0. The molecule has 0 aliphatic carbocycles. The van der Waals surface area contributed by atoms with E-state index in [1.54, 1.807) is 21.9 Å². The summed E-state index contributed by atoms with van der Waals surface area (Å²) in [6.07, 6.45) is 5.30. The van der Waals surface area contributed by atoms with E-state index in [1.165, 1.54) is 12.1 Å². The topological polar surface area (TPSA) is 109 Å². The number of carbonyl (C=O) groups is 1. The Labute approximate surface area is 265 Å². The number of aromatic amines is 1. The molecule has 46 heavy (non-hydrogen) atoms. The Balaban J connectivity index is 1.59. The lowest BCUT2D eigenvalue weighted by atomic mass is 9.99. The number of H-pyrrole nitrogens is 1. The number of nitrogens with zero attached hydrogens (tertiary/aromatic N) is 6. The van der Waals surface area contributed by atoms with Crippen LogP contribution in [0.15, 0.2) is 54.1 Å². The van der Waals surface area contributed by atoms with Crippen LogP contribution in [0.4, 0.5) is 10.1 Å². The zero-order chi connectivity index (χ0) is 32.4. The lowest BCUT2D eigenvalue weighted by molar-refractivity contribution is -0.128. The van der Waals surface area contributed by atoms with Gasteiger partial charge in [-0.2, -0.15) is 5.10 Å². The van der Waals surface area contributed by atoms with Crippen LogP contribution in [-0.4, -0.2) is 67.3 Å². The predicted octanol–water partition coefficient (Wildman–Crippen LogP) is 5.58. The number of ether oxygens (including phenoxy) is 1. The van der Waals surface area contributed by atoms with Crippen LogP contribution in [-0.2, 0) is 4.79 Å². The third-order valence-electron chi connectivity index (χ3n) is 9.31. The van der Waals surface area contributed by atoms with Crippen molar-refractivity contribution in [3.63, 3.8) is 0 Å². The maximum Gasteiger partial charge on any atom is 0.301 e. The summed E-state index contributed by atoms with van der Waals surface area (Å²) in [7, 11) is 0. The van der Waals surface area contributed by atoms with Crippen LogP contribution >= 0.6 is 0 Å². The van der Waals surface area contributed by atoms with Crippen molar-refractivity contribution >= 4 is 33.5 Å². The van der Waals surface area contributed by atoms with Crippen molar-refractivity contribution in [2.45, 2.75) is 59.0 Å². The number of nitrogens with one attached hydrogen (secondary N) is 1. The van der Waals surface area contributed by atoms with E-state index in [-0.39, 0.29) is 47.5 Å². The van der Waals surface area contributed by atoms with Crippen molar-refractivity contribution in [1.29, 1.82) is 0 Å². The second-order valence-electron chi connectivity index (χ2n) is 12.6. The number of pyridine rings is 3.